The first-order valence-corrected chi connectivity index (χ1v) is 7.44. The van der Waals surface area contributed by atoms with Crippen LogP contribution >= 0.6 is 0 Å². The fraction of sp³-hybridized carbons (Fsp3) is 0.625. The molecule has 0 radical (unpaired) electrons. The zero-order valence-corrected chi connectivity index (χ0v) is 12.7. The van der Waals surface area contributed by atoms with E-state index in [4.69, 9.17) is 0 Å². The number of rotatable bonds is 3. The van der Waals surface area contributed by atoms with E-state index in [2.05, 4.69) is 31.0 Å². The van der Waals surface area contributed by atoms with Gasteiger partial charge in [-0.3, -0.25) is 4.90 Å². The van der Waals surface area contributed by atoms with Crippen LogP contribution in [0.3, 0.4) is 0 Å². The summed E-state index contributed by atoms with van der Waals surface area (Å²) < 4.78 is 37.9. The molecule has 2 rings (SSSR count). The van der Waals surface area contributed by atoms with E-state index in [1.54, 1.807) is 12.1 Å². The number of piperazine rings is 1. The van der Waals surface area contributed by atoms with Gasteiger partial charge < -0.3 is 5.32 Å². The molecule has 1 fully saturated rings. The summed E-state index contributed by atoms with van der Waals surface area (Å²) in [6.07, 6.45) is -4.27. The van der Waals surface area contributed by atoms with Gasteiger partial charge >= 0.3 is 6.18 Å². The molecule has 5 heteroatoms. The Morgan fingerprint density at radius 2 is 1.76 bits per heavy atom. The van der Waals surface area contributed by atoms with Crippen LogP contribution in [0.25, 0.3) is 0 Å². The Bertz CT molecular complexity index is 454. The van der Waals surface area contributed by atoms with Gasteiger partial charge in [0.15, 0.2) is 0 Å². The Labute approximate surface area is 124 Å². The van der Waals surface area contributed by atoms with Crippen molar-refractivity contribution in [2.45, 2.75) is 39.0 Å². The first-order chi connectivity index (χ1) is 9.80. The SMILES string of the molecule is CC(C)C1CNCCN1C(C)c1ccc(C(F)(F)F)cc1. The van der Waals surface area contributed by atoms with Crippen LogP contribution < -0.4 is 5.32 Å². The Kier molecular flexibility index (Phi) is 4.94. The van der Waals surface area contributed by atoms with Gasteiger partial charge in [0.25, 0.3) is 0 Å². The Morgan fingerprint density at radius 1 is 1.14 bits per heavy atom. The van der Waals surface area contributed by atoms with Gasteiger partial charge in [-0.05, 0) is 30.5 Å². The van der Waals surface area contributed by atoms with Crippen molar-refractivity contribution in [2.24, 2.45) is 5.92 Å². The Hall–Kier alpha value is -1.07. The lowest BCUT2D eigenvalue weighted by molar-refractivity contribution is -0.137. The number of hydrogen-bond donors (Lipinski definition) is 1. The predicted octanol–water partition coefficient (Wildman–Crippen LogP) is 3.70. The number of alkyl halides is 3. The maximum Gasteiger partial charge on any atom is 0.416 e. The topological polar surface area (TPSA) is 15.3 Å². The smallest absolute Gasteiger partial charge is 0.314 e. The average molecular weight is 300 g/mol. The molecule has 1 heterocycles. The van der Waals surface area contributed by atoms with Crippen molar-refractivity contribution >= 4 is 0 Å². The van der Waals surface area contributed by atoms with Crippen LogP contribution in [0.4, 0.5) is 13.2 Å². The van der Waals surface area contributed by atoms with Crippen LogP contribution in [0.5, 0.6) is 0 Å². The van der Waals surface area contributed by atoms with Gasteiger partial charge in [-0.1, -0.05) is 26.0 Å². The van der Waals surface area contributed by atoms with Gasteiger partial charge in [0.05, 0.1) is 5.56 Å². The minimum Gasteiger partial charge on any atom is -0.314 e. The monoisotopic (exact) mass is 300 g/mol. The molecule has 2 atom stereocenters. The zero-order chi connectivity index (χ0) is 15.6. The molecular formula is C16H23F3N2. The third-order valence-electron chi connectivity index (χ3n) is 4.31. The molecular weight excluding hydrogens is 277 g/mol. The first-order valence-electron chi connectivity index (χ1n) is 7.44. The first kappa shape index (κ1) is 16.3. The van der Waals surface area contributed by atoms with Crippen LogP contribution in [0.15, 0.2) is 24.3 Å². The van der Waals surface area contributed by atoms with Crippen molar-refractivity contribution in [1.82, 2.24) is 10.2 Å². The second-order valence-corrected chi connectivity index (χ2v) is 6.05. The molecule has 0 aliphatic carbocycles. The van der Waals surface area contributed by atoms with E-state index < -0.39 is 11.7 Å². The van der Waals surface area contributed by atoms with Crippen molar-refractivity contribution in [1.29, 1.82) is 0 Å². The molecule has 2 nitrogen and oxygen atoms in total. The van der Waals surface area contributed by atoms with Gasteiger partial charge in [-0.25, -0.2) is 0 Å². The summed E-state index contributed by atoms with van der Waals surface area (Å²) in [5.74, 6) is 0.509. The maximum atomic E-state index is 12.6. The molecule has 0 spiro atoms. The summed E-state index contributed by atoms with van der Waals surface area (Å²) >= 11 is 0. The molecule has 2 unspecified atom stereocenters. The maximum absolute atomic E-state index is 12.6. The fourth-order valence-corrected chi connectivity index (χ4v) is 2.98. The number of nitrogens with zero attached hydrogens (tertiary/aromatic N) is 1. The van der Waals surface area contributed by atoms with Gasteiger partial charge in [-0.15, -0.1) is 0 Å². The minimum atomic E-state index is -4.27. The second-order valence-electron chi connectivity index (χ2n) is 6.05. The molecule has 1 aromatic carbocycles. The van der Waals surface area contributed by atoms with E-state index in [1.165, 1.54) is 12.1 Å². The Morgan fingerprint density at radius 3 is 2.29 bits per heavy atom. The minimum absolute atomic E-state index is 0.127. The van der Waals surface area contributed by atoms with Crippen LogP contribution in [0, 0.1) is 5.92 Å². The molecule has 1 aliphatic rings. The number of benzene rings is 1. The highest BCUT2D eigenvalue weighted by molar-refractivity contribution is 5.26. The van der Waals surface area contributed by atoms with Crippen molar-refractivity contribution in [2.75, 3.05) is 19.6 Å². The highest BCUT2D eigenvalue weighted by Crippen LogP contribution is 2.32. The van der Waals surface area contributed by atoms with Crippen molar-refractivity contribution in [3.8, 4) is 0 Å². The molecule has 0 bridgehead atoms. The highest BCUT2D eigenvalue weighted by Gasteiger charge is 2.32. The molecule has 1 N–H and O–H groups in total. The van der Waals surface area contributed by atoms with Crippen molar-refractivity contribution in [3.05, 3.63) is 35.4 Å². The molecule has 1 aromatic rings. The molecule has 0 aromatic heterocycles. The van der Waals surface area contributed by atoms with E-state index in [9.17, 15) is 13.2 Å². The summed E-state index contributed by atoms with van der Waals surface area (Å²) in [7, 11) is 0. The zero-order valence-electron chi connectivity index (χ0n) is 12.7. The second kappa shape index (κ2) is 6.36. The average Bonchev–Trinajstić information content (AvgIpc) is 2.45. The highest BCUT2D eigenvalue weighted by atomic mass is 19.4. The molecule has 118 valence electrons. The number of nitrogens with one attached hydrogen (secondary N) is 1. The number of hydrogen-bond acceptors (Lipinski definition) is 2. The van der Waals surface area contributed by atoms with Gasteiger partial charge in [-0.2, -0.15) is 13.2 Å². The van der Waals surface area contributed by atoms with E-state index in [1.807, 2.05) is 0 Å². The molecule has 0 amide bonds. The summed E-state index contributed by atoms with van der Waals surface area (Å²) in [4.78, 5) is 2.39. The summed E-state index contributed by atoms with van der Waals surface area (Å²) in [5, 5.41) is 3.39. The summed E-state index contributed by atoms with van der Waals surface area (Å²) in [6.45, 7) is 9.22. The lowest BCUT2D eigenvalue weighted by Crippen LogP contribution is -2.54. The number of halogens is 3. The Balaban J connectivity index is 2.16. The molecule has 21 heavy (non-hydrogen) atoms. The fourth-order valence-electron chi connectivity index (χ4n) is 2.98. The van der Waals surface area contributed by atoms with E-state index in [0.29, 0.717) is 12.0 Å². The largest absolute Gasteiger partial charge is 0.416 e. The molecule has 1 aliphatic heterocycles. The van der Waals surface area contributed by atoms with Crippen molar-refractivity contribution < 1.29 is 13.2 Å². The van der Waals surface area contributed by atoms with E-state index >= 15 is 0 Å². The van der Waals surface area contributed by atoms with E-state index in [-0.39, 0.29) is 6.04 Å². The summed E-state index contributed by atoms with van der Waals surface area (Å²) in [6, 6.07) is 6.11. The molecule has 1 saturated heterocycles. The van der Waals surface area contributed by atoms with E-state index in [0.717, 1.165) is 25.2 Å². The van der Waals surface area contributed by atoms with Gasteiger partial charge in [0.1, 0.15) is 0 Å². The molecule has 0 saturated carbocycles. The van der Waals surface area contributed by atoms with Crippen LogP contribution in [-0.4, -0.2) is 30.6 Å². The van der Waals surface area contributed by atoms with Crippen molar-refractivity contribution in [3.63, 3.8) is 0 Å². The standard InChI is InChI=1S/C16H23F3N2/c1-11(2)15-10-20-8-9-21(15)12(3)13-4-6-14(7-5-13)16(17,18)19/h4-7,11-12,15,20H,8-10H2,1-3H3. The van der Waals surface area contributed by atoms with Gasteiger partial charge in [0.2, 0.25) is 0 Å². The van der Waals surface area contributed by atoms with Crippen LogP contribution in [0.1, 0.15) is 37.9 Å². The van der Waals surface area contributed by atoms with Crippen LogP contribution in [0.2, 0.25) is 0 Å². The third-order valence-corrected chi connectivity index (χ3v) is 4.31. The normalized spacial score (nSPS) is 22.5. The quantitative estimate of drug-likeness (QED) is 0.915. The predicted molar refractivity (Wildman–Crippen MR) is 78.1 cm³/mol. The van der Waals surface area contributed by atoms with Crippen LogP contribution in [-0.2, 0) is 6.18 Å². The van der Waals surface area contributed by atoms with Gasteiger partial charge in [0, 0.05) is 31.7 Å². The summed E-state index contributed by atoms with van der Waals surface area (Å²) in [5.41, 5.74) is 0.356. The lowest BCUT2D eigenvalue weighted by Gasteiger charge is -2.42. The third kappa shape index (κ3) is 3.77. The lowest BCUT2D eigenvalue weighted by atomic mass is 9.96.